The topological polar surface area (TPSA) is 74.7 Å². The smallest absolute Gasteiger partial charge is 0.335 e. The van der Waals surface area contributed by atoms with Gasteiger partial charge in [-0.3, -0.25) is 4.31 Å². The Morgan fingerprint density at radius 2 is 2.11 bits per heavy atom. The van der Waals surface area contributed by atoms with Crippen LogP contribution in [0.1, 0.15) is 29.8 Å². The first kappa shape index (κ1) is 13.9. The SMILES string of the molecule is CC(C)CS(=O)(=O)N1CCc2cc(C(=O)O)ccc21. The molecule has 19 heavy (non-hydrogen) atoms. The molecule has 0 spiro atoms. The summed E-state index contributed by atoms with van der Waals surface area (Å²) < 4.78 is 25.9. The maximum absolute atomic E-state index is 12.2. The lowest BCUT2D eigenvalue weighted by molar-refractivity contribution is 0.0697. The third kappa shape index (κ3) is 2.73. The van der Waals surface area contributed by atoms with Crippen LogP contribution in [0, 0.1) is 5.92 Å². The monoisotopic (exact) mass is 283 g/mol. The summed E-state index contributed by atoms with van der Waals surface area (Å²) in [6.45, 7) is 4.12. The van der Waals surface area contributed by atoms with Gasteiger partial charge in [0.1, 0.15) is 0 Å². The van der Waals surface area contributed by atoms with Gasteiger partial charge in [0.2, 0.25) is 10.0 Å². The first-order valence-corrected chi connectivity index (χ1v) is 7.79. The minimum Gasteiger partial charge on any atom is -0.478 e. The second-order valence-electron chi connectivity index (χ2n) is 5.14. The molecule has 2 rings (SSSR count). The van der Waals surface area contributed by atoms with Gasteiger partial charge >= 0.3 is 5.97 Å². The van der Waals surface area contributed by atoms with Gasteiger partial charge in [0.25, 0.3) is 0 Å². The van der Waals surface area contributed by atoms with E-state index in [-0.39, 0.29) is 17.2 Å². The van der Waals surface area contributed by atoms with Crippen molar-refractivity contribution in [1.82, 2.24) is 0 Å². The maximum atomic E-state index is 12.2. The van der Waals surface area contributed by atoms with E-state index < -0.39 is 16.0 Å². The zero-order chi connectivity index (χ0) is 14.2. The van der Waals surface area contributed by atoms with Crippen molar-refractivity contribution in [1.29, 1.82) is 0 Å². The molecule has 0 saturated heterocycles. The molecular weight excluding hydrogens is 266 g/mol. The van der Waals surface area contributed by atoms with Crippen LogP contribution in [-0.4, -0.2) is 31.8 Å². The molecule has 0 saturated carbocycles. The predicted octanol–water partition coefficient (Wildman–Crippen LogP) is 1.73. The van der Waals surface area contributed by atoms with Gasteiger partial charge in [-0.25, -0.2) is 13.2 Å². The van der Waals surface area contributed by atoms with Crippen molar-refractivity contribution in [2.75, 3.05) is 16.6 Å². The molecule has 0 aromatic heterocycles. The second-order valence-corrected chi connectivity index (χ2v) is 7.08. The summed E-state index contributed by atoms with van der Waals surface area (Å²) in [5.74, 6) is -0.828. The number of carboxylic acid groups (broad SMARTS) is 1. The Morgan fingerprint density at radius 1 is 1.42 bits per heavy atom. The summed E-state index contributed by atoms with van der Waals surface area (Å²) in [5.41, 5.74) is 1.60. The van der Waals surface area contributed by atoms with E-state index in [1.165, 1.54) is 10.4 Å². The first-order valence-electron chi connectivity index (χ1n) is 6.18. The van der Waals surface area contributed by atoms with Crippen molar-refractivity contribution >= 4 is 21.7 Å². The molecule has 0 amide bonds. The highest BCUT2D eigenvalue weighted by Crippen LogP contribution is 2.31. The molecule has 1 aromatic carbocycles. The molecular formula is C13H17NO4S. The molecule has 1 aromatic rings. The number of aromatic carboxylic acids is 1. The van der Waals surface area contributed by atoms with Gasteiger partial charge in [-0.2, -0.15) is 0 Å². The summed E-state index contributed by atoms with van der Waals surface area (Å²) in [7, 11) is -3.32. The Hall–Kier alpha value is -1.56. The van der Waals surface area contributed by atoms with Gasteiger partial charge in [0, 0.05) is 6.54 Å². The van der Waals surface area contributed by atoms with Crippen LogP contribution < -0.4 is 4.31 Å². The average molecular weight is 283 g/mol. The lowest BCUT2D eigenvalue weighted by atomic mass is 10.1. The van der Waals surface area contributed by atoms with Crippen LogP contribution in [-0.2, 0) is 16.4 Å². The van der Waals surface area contributed by atoms with Crippen molar-refractivity contribution in [3.05, 3.63) is 29.3 Å². The van der Waals surface area contributed by atoms with Gasteiger partial charge in [0.05, 0.1) is 17.0 Å². The first-order chi connectivity index (χ1) is 8.81. The molecule has 0 bridgehead atoms. The largest absolute Gasteiger partial charge is 0.478 e. The van der Waals surface area contributed by atoms with Crippen molar-refractivity contribution in [3.63, 3.8) is 0 Å². The molecule has 0 atom stereocenters. The van der Waals surface area contributed by atoms with E-state index in [9.17, 15) is 13.2 Å². The quantitative estimate of drug-likeness (QED) is 0.913. The minimum atomic E-state index is -3.32. The molecule has 0 unspecified atom stereocenters. The lowest BCUT2D eigenvalue weighted by Gasteiger charge is -2.20. The van der Waals surface area contributed by atoms with E-state index >= 15 is 0 Å². The number of carbonyl (C=O) groups is 1. The fourth-order valence-corrected chi connectivity index (χ4v) is 4.17. The van der Waals surface area contributed by atoms with Gasteiger partial charge < -0.3 is 5.11 Å². The highest BCUT2D eigenvalue weighted by molar-refractivity contribution is 7.92. The molecule has 0 aliphatic carbocycles. The normalized spacial score (nSPS) is 14.8. The zero-order valence-electron chi connectivity index (χ0n) is 11.0. The van der Waals surface area contributed by atoms with E-state index in [1.54, 1.807) is 12.1 Å². The molecule has 1 aliphatic heterocycles. The Morgan fingerprint density at radius 3 is 2.68 bits per heavy atom. The summed E-state index contributed by atoms with van der Waals surface area (Å²) in [5, 5.41) is 8.93. The van der Waals surface area contributed by atoms with Crippen LogP contribution in [0.2, 0.25) is 0 Å². The number of benzene rings is 1. The number of nitrogens with zero attached hydrogens (tertiary/aromatic N) is 1. The zero-order valence-corrected chi connectivity index (χ0v) is 11.8. The van der Waals surface area contributed by atoms with Crippen molar-refractivity contribution in [2.24, 2.45) is 5.92 Å². The third-order valence-electron chi connectivity index (χ3n) is 3.06. The fourth-order valence-electron chi connectivity index (χ4n) is 2.30. The molecule has 1 heterocycles. The number of hydrogen-bond donors (Lipinski definition) is 1. The van der Waals surface area contributed by atoms with Gasteiger partial charge in [-0.15, -0.1) is 0 Å². The number of hydrogen-bond acceptors (Lipinski definition) is 3. The number of anilines is 1. The number of sulfonamides is 1. The minimum absolute atomic E-state index is 0.0624. The van der Waals surface area contributed by atoms with E-state index in [1.807, 2.05) is 13.8 Å². The Labute approximate surface area is 112 Å². The van der Waals surface area contributed by atoms with Crippen LogP contribution in [0.5, 0.6) is 0 Å². The van der Waals surface area contributed by atoms with Crippen LogP contribution >= 0.6 is 0 Å². The van der Waals surface area contributed by atoms with E-state index in [4.69, 9.17) is 5.11 Å². The second kappa shape index (κ2) is 4.85. The number of rotatable bonds is 4. The summed E-state index contributed by atoms with van der Waals surface area (Å²) >= 11 is 0. The van der Waals surface area contributed by atoms with Crippen LogP contribution in [0.3, 0.4) is 0 Å². The fraction of sp³-hybridized carbons (Fsp3) is 0.462. The van der Waals surface area contributed by atoms with Crippen LogP contribution in [0.25, 0.3) is 0 Å². The highest BCUT2D eigenvalue weighted by Gasteiger charge is 2.30. The average Bonchev–Trinajstić information content (AvgIpc) is 2.70. The molecule has 104 valence electrons. The van der Waals surface area contributed by atoms with E-state index in [2.05, 4.69) is 0 Å². The Kier molecular flexibility index (Phi) is 3.54. The number of carboxylic acids is 1. The molecule has 1 aliphatic rings. The third-order valence-corrected chi connectivity index (χ3v) is 5.20. The van der Waals surface area contributed by atoms with Crippen molar-refractivity contribution in [2.45, 2.75) is 20.3 Å². The van der Waals surface area contributed by atoms with E-state index in [0.29, 0.717) is 18.7 Å². The summed E-state index contributed by atoms with van der Waals surface area (Å²) in [6, 6.07) is 4.59. The molecule has 1 N–H and O–H groups in total. The maximum Gasteiger partial charge on any atom is 0.335 e. The van der Waals surface area contributed by atoms with Gasteiger partial charge in [-0.05, 0) is 36.1 Å². The van der Waals surface area contributed by atoms with Gasteiger partial charge in [-0.1, -0.05) is 13.8 Å². The lowest BCUT2D eigenvalue weighted by Crippen LogP contribution is -2.32. The highest BCUT2D eigenvalue weighted by atomic mass is 32.2. The standard InChI is InChI=1S/C13H17NO4S/c1-9(2)8-19(17,18)14-6-5-10-7-11(13(15)16)3-4-12(10)14/h3-4,7,9H,5-6,8H2,1-2H3,(H,15,16). The molecule has 0 radical (unpaired) electrons. The Balaban J connectivity index is 2.35. The predicted molar refractivity (Wildman–Crippen MR) is 73.1 cm³/mol. The van der Waals surface area contributed by atoms with Crippen LogP contribution in [0.4, 0.5) is 5.69 Å². The molecule has 0 fully saturated rings. The Bertz CT molecular complexity index is 607. The molecule has 6 heteroatoms. The summed E-state index contributed by atoms with van der Waals surface area (Å²) in [4.78, 5) is 10.9. The van der Waals surface area contributed by atoms with Crippen molar-refractivity contribution in [3.8, 4) is 0 Å². The summed E-state index contributed by atoms with van der Waals surface area (Å²) in [6.07, 6.45) is 0.563. The van der Waals surface area contributed by atoms with Gasteiger partial charge in [0.15, 0.2) is 0 Å². The number of fused-ring (bicyclic) bond motifs is 1. The van der Waals surface area contributed by atoms with Crippen LogP contribution in [0.15, 0.2) is 18.2 Å². The van der Waals surface area contributed by atoms with E-state index in [0.717, 1.165) is 5.56 Å². The van der Waals surface area contributed by atoms with Crippen molar-refractivity contribution < 1.29 is 18.3 Å². The molecule has 5 nitrogen and oxygen atoms in total.